The van der Waals surface area contributed by atoms with Crippen molar-refractivity contribution in [1.29, 1.82) is 0 Å². The SMILES string of the molecule is CCn1c(CN)nnc1C1(c2ccccc2)CC1. The summed E-state index contributed by atoms with van der Waals surface area (Å²) < 4.78 is 2.17. The van der Waals surface area contributed by atoms with Crippen LogP contribution in [0.15, 0.2) is 30.3 Å². The lowest BCUT2D eigenvalue weighted by molar-refractivity contribution is 0.617. The molecule has 94 valence electrons. The first-order valence-corrected chi connectivity index (χ1v) is 6.50. The Labute approximate surface area is 107 Å². The molecule has 0 aliphatic heterocycles. The number of nitrogens with two attached hydrogens (primary N) is 1. The minimum atomic E-state index is 0.0810. The van der Waals surface area contributed by atoms with E-state index in [1.54, 1.807) is 0 Å². The predicted octanol–water partition coefficient (Wildman–Crippen LogP) is 1.84. The molecule has 1 aliphatic carbocycles. The molecule has 0 saturated heterocycles. The Hall–Kier alpha value is -1.68. The summed E-state index contributed by atoms with van der Waals surface area (Å²) in [5.74, 6) is 1.96. The summed E-state index contributed by atoms with van der Waals surface area (Å²) >= 11 is 0. The smallest absolute Gasteiger partial charge is 0.146 e. The van der Waals surface area contributed by atoms with Crippen molar-refractivity contribution in [3.8, 4) is 0 Å². The number of nitrogens with zero attached hydrogens (tertiary/aromatic N) is 3. The average molecular weight is 242 g/mol. The van der Waals surface area contributed by atoms with Crippen molar-refractivity contribution in [2.24, 2.45) is 5.73 Å². The van der Waals surface area contributed by atoms with Crippen LogP contribution in [-0.2, 0) is 18.5 Å². The molecule has 1 saturated carbocycles. The molecule has 0 atom stereocenters. The lowest BCUT2D eigenvalue weighted by atomic mass is 9.95. The predicted molar refractivity (Wildman–Crippen MR) is 70.0 cm³/mol. The Morgan fingerprint density at radius 2 is 1.94 bits per heavy atom. The first kappa shape index (κ1) is 11.4. The Morgan fingerprint density at radius 1 is 1.22 bits per heavy atom. The molecule has 1 aromatic heterocycles. The van der Waals surface area contributed by atoms with Gasteiger partial charge in [-0.2, -0.15) is 0 Å². The van der Waals surface area contributed by atoms with Crippen LogP contribution >= 0.6 is 0 Å². The maximum absolute atomic E-state index is 5.72. The van der Waals surface area contributed by atoms with Gasteiger partial charge in [-0.3, -0.25) is 0 Å². The molecule has 4 nitrogen and oxygen atoms in total. The van der Waals surface area contributed by atoms with Crippen molar-refractivity contribution in [2.45, 2.75) is 38.3 Å². The fourth-order valence-electron chi connectivity index (χ4n) is 2.70. The standard InChI is InChI=1S/C14H18N4/c1-2-18-12(10-15)16-17-13(18)14(8-9-14)11-6-4-3-5-7-11/h3-7H,2,8-10,15H2,1H3. The molecular weight excluding hydrogens is 224 g/mol. The van der Waals surface area contributed by atoms with E-state index in [2.05, 4.69) is 52.0 Å². The molecule has 0 radical (unpaired) electrons. The van der Waals surface area contributed by atoms with E-state index in [0.29, 0.717) is 6.54 Å². The van der Waals surface area contributed by atoms with E-state index in [4.69, 9.17) is 5.73 Å². The molecule has 0 bridgehead atoms. The second-order valence-corrected chi connectivity index (χ2v) is 4.84. The molecule has 1 heterocycles. The minimum absolute atomic E-state index is 0.0810. The monoisotopic (exact) mass is 242 g/mol. The van der Waals surface area contributed by atoms with Gasteiger partial charge >= 0.3 is 0 Å². The zero-order valence-corrected chi connectivity index (χ0v) is 10.6. The van der Waals surface area contributed by atoms with Crippen LogP contribution < -0.4 is 5.73 Å². The highest BCUT2D eigenvalue weighted by atomic mass is 15.3. The largest absolute Gasteiger partial charge is 0.324 e. The van der Waals surface area contributed by atoms with Gasteiger partial charge in [-0.05, 0) is 25.3 Å². The van der Waals surface area contributed by atoms with E-state index >= 15 is 0 Å². The second-order valence-electron chi connectivity index (χ2n) is 4.84. The van der Waals surface area contributed by atoms with Crippen LogP contribution in [0.5, 0.6) is 0 Å². The Bertz CT molecular complexity index is 540. The lowest BCUT2D eigenvalue weighted by Crippen LogP contribution is -2.18. The summed E-state index contributed by atoms with van der Waals surface area (Å²) in [5.41, 5.74) is 7.14. The van der Waals surface area contributed by atoms with Gasteiger partial charge in [0, 0.05) is 6.54 Å². The number of hydrogen-bond acceptors (Lipinski definition) is 3. The van der Waals surface area contributed by atoms with Gasteiger partial charge in [0.15, 0.2) is 0 Å². The molecular formula is C14H18N4. The first-order valence-electron chi connectivity index (χ1n) is 6.50. The fraction of sp³-hybridized carbons (Fsp3) is 0.429. The normalized spacial score (nSPS) is 16.8. The van der Waals surface area contributed by atoms with Gasteiger partial charge in [0.25, 0.3) is 0 Å². The van der Waals surface area contributed by atoms with Gasteiger partial charge in [-0.1, -0.05) is 30.3 Å². The molecule has 1 fully saturated rings. The van der Waals surface area contributed by atoms with Crippen molar-refractivity contribution < 1.29 is 0 Å². The van der Waals surface area contributed by atoms with E-state index in [-0.39, 0.29) is 5.41 Å². The third-order valence-corrected chi connectivity index (χ3v) is 3.83. The summed E-state index contributed by atoms with van der Waals surface area (Å²) in [5, 5.41) is 8.63. The van der Waals surface area contributed by atoms with Gasteiger partial charge in [0.05, 0.1) is 12.0 Å². The van der Waals surface area contributed by atoms with E-state index in [1.807, 2.05) is 0 Å². The lowest BCUT2D eigenvalue weighted by Gasteiger charge is -2.16. The second kappa shape index (κ2) is 4.21. The Balaban J connectivity index is 2.08. The van der Waals surface area contributed by atoms with Crippen LogP contribution in [0.25, 0.3) is 0 Å². The molecule has 1 aromatic carbocycles. The molecule has 3 rings (SSSR count). The third-order valence-electron chi connectivity index (χ3n) is 3.83. The van der Waals surface area contributed by atoms with Gasteiger partial charge in [0.1, 0.15) is 11.6 Å². The molecule has 0 spiro atoms. The number of hydrogen-bond donors (Lipinski definition) is 1. The zero-order valence-electron chi connectivity index (χ0n) is 10.6. The Morgan fingerprint density at radius 3 is 2.50 bits per heavy atom. The fourth-order valence-corrected chi connectivity index (χ4v) is 2.70. The minimum Gasteiger partial charge on any atom is -0.324 e. The van der Waals surface area contributed by atoms with Crippen molar-refractivity contribution in [3.05, 3.63) is 47.5 Å². The van der Waals surface area contributed by atoms with Crippen LogP contribution in [0.1, 0.15) is 37.0 Å². The van der Waals surface area contributed by atoms with Gasteiger partial charge in [0.2, 0.25) is 0 Å². The van der Waals surface area contributed by atoms with Crippen LogP contribution in [0.3, 0.4) is 0 Å². The van der Waals surface area contributed by atoms with Crippen molar-refractivity contribution in [1.82, 2.24) is 14.8 Å². The van der Waals surface area contributed by atoms with Crippen molar-refractivity contribution in [2.75, 3.05) is 0 Å². The van der Waals surface area contributed by atoms with E-state index in [0.717, 1.165) is 31.0 Å². The summed E-state index contributed by atoms with van der Waals surface area (Å²) in [4.78, 5) is 0. The van der Waals surface area contributed by atoms with Crippen LogP contribution in [0.2, 0.25) is 0 Å². The molecule has 2 aromatic rings. The average Bonchev–Trinajstić information content (AvgIpc) is 3.13. The molecule has 4 heteroatoms. The topological polar surface area (TPSA) is 56.7 Å². The van der Waals surface area contributed by atoms with Crippen LogP contribution in [-0.4, -0.2) is 14.8 Å². The van der Waals surface area contributed by atoms with Gasteiger partial charge < -0.3 is 10.3 Å². The van der Waals surface area contributed by atoms with E-state index in [9.17, 15) is 0 Å². The maximum atomic E-state index is 5.72. The van der Waals surface area contributed by atoms with Gasteiger partial charge in [-0.15, -0.1) is 10.2 Å². The molecule has 0 amide bonds. The maximum Gasteiger partial charge on any atom is 0.146 e. The molecule has 2 N–H and O–H groups in total. The van der Waals surface area contributed by atoms with Crippen molar-refractivity contribution in [3.63, 3.8) is 0 Å². The molecule has 0 unspecified atom stereocenters. The van der Waals surface area contributed by atoms with E-state index in [1.165, 1.54) is 5.56 Å². The summed E-state index contributed by atoms with van der Waals surface area (Å²) in [6, 6.07) is 10.6. The zero-order chi connectivity index (χ0) is 12.6. The molecule has 18 heavy (non-hydrogen) atoms. The Kier molecular flexibility index (Phi) is 2.67. The quantitative estimate of drug-likeness (QED) is 0.890. The van der Waals surface area contributed by atoms with Gasteiger partial charge in [-0.25, -0.2) is 0 Å². The number of benzene rings is 1. The highest BCUT2D eigenvalue weighted by Gasteiger charge is 2.49. The highest BCUT2D eigenvalue weighted by Crippen LogP contribution is 2.52. The molecule has 1 aliphatic rings. The summed E-state index contributed by atoms with van der Waals surface area (Å²) in [7, 11) is 0. The first-order chi connectivity index (χ1) is 8.81. The van der Waals surface area contributed by atoms with Crippen molar-refractivity contribution >= 4 is 0 Å². The summed E-state index contributed by atoms with van der Waals surface area (Å²) in [6.07, 6.45) is 2.30. The number of rotatable bonds is 4. The number of aromatic nitrogens is 3. The third kappa shape index (κ3) is 1.56. The van der Waals surface area contributed by atoms with E-state index < -0.39 is 0 Å². The summed E-state index contributed by atoms with van der Waals surface area (Å²) in [6.45, 7) is 3.45. The highest BCUT2D eigenvalue weighted by molar-refractivity contribution is 5.39. The van der Waals surface area contributed by atoms with Crippen LogP contribution in [0, 0.1) is 0 Å². The van der Waals surface area contributed by atoms with Crippen LogP contribution in [0.4, 0.5) is 0 Å².